The predicted molar refractivity (Wildman–Crippen MR) is 254 cm³/mol. The fourth-order valence-corrected chi connectivity index (χ4v) is 8.69. The summed E-state index contributed by atoms with van der Waals surface area (Å²) < 4.78 is 18.9. The number of fused-ring (bicyclic) bond motifs is 8. The summed E-state index contributed by atoms with van der Waals surface area (Å²) in [4.78, 5) is 43.7. The van der Waals surface area contributed by atoms with Crippen molar-refractivity contribution in [3.8, 4) is 23.0 Å². The van der Waals surface area contributed by atoms with Crippen molar-refractivity contribution in [2.45, 2.75) is 19.6 Å². The monoisotopic (exact) mass is 924 g/mol. The molecule has 0 radical (unpaired) electrons. The van der Waals surface area contributed by atoms with Crippen molar-refractivity contribution in [3.05, 3.63) is 152 Å². The number of hydrogen-bond donors (Lipinski definition) is 4. The molecule has 4 aliphatic rings. The zero-order valence-corrected chi connectivity index (χ0v) is 37.7. The molecule has 64 heavy (non-hydrogen) atoms. The molecule has 0 atom stereocenters. The number of nitrogens with one attached hydrogen (secondary N) is 4. The van der Waals surface area contributed by atoms with E-state index in [4.69, 9.17) is 33.9 Å². The minimum atomic E-state index is -0.311. The molecule has 0 unspecified atom stereocenters. The van der Waals surface area contributed by atoms with E-state index in [0.717, 1.165) is 54.8 Å². The van der Waals surface area contributed by atoms with E-state index in [1.54, 1.807) is 54.6 Å². The van der Waals surface area contributed by atoms with Gasteiger partial charge in [0.15, 0.2) is 40.5 Å². The first-order valence-electron chi connectivity index (χ1n) is 19.4. The number of rotatable bonds is 0. The van der Waals surface area contributed by atoms with Gasteiger partial charge in [-0.25, -0.2) is 14.6 Å². The van der Waals surface area contributed by atoms with Gasteiger partial charge in [0.2, 0.25) is 9.54 Å². The maximum absolute atomic E-state index is 11.4. The maximum atomic E-state index is 11.4. The molecule has 20 heteroatoms. The molecule has 4 aromatic carbocycles. The van der Waals surface area contributed by atoms with E-state index in [1.807, 2.05) is 122 Å². The maximum Gasteiger partial charge on any atom is 0.349 e. The van der Waals surface area contributed by atoms with E-state index >= 15 is 0 Å². The fourth-order valence-electron chi connectivity index (χ4n) is 6.36. The summed E-state index contributed by atoms with van der Waals surface area (Å²) in [7, 11) is 7.10. The second-order valence-corrected chi connectivity index (χ2v) is 17.2. The smallest absolute Gasteiger partial charge is 0.349 e. The minimum absolute atomic E-state index is 0.244. The van der Waals surface area contributed by atoms with Crippen LogP contribution in [0.4, 0.5) is 46.0 Å². The van der Waals surface area contributed by atoms with Crippen LogP contribution in [-0.2, 0) is 28.2 Å². The number of aryl methyl sites for hydroxylation is 4. The number of nitrogens with zero attached hydrogens (tertiary/aromatic N) is 8. The Kier molecular flexibility index (Phi) is 11.7. The molecule has 0 aliphatic carbocycles. The van der Waals surface area contributed by atoms with Gasteiger partial charge in [-0.1, -0.05) is 72.1 Å². The Labute approximate surface area is 384 Å². The average molecular weight is 925 g/mol. The quantitative estimate of drug-likeness (QED) is 0.106. The Balaban J connectivity index is 0.000000108. The highest BCUT2D eigenvalue weighted by Crippen LogP contribution is 2.44. The fraction of sp³-hybridized carbons (Fsp3) is 0.0909. The van der Waals surface area contributed by atoms with Crippen LogP contribution in [0.2, 0.25) is 0 Å². The summed E-state index contributed by atoms with van der Waals surface area (Å²) in [6.07, 6.45) is 7.26. The second kappa shape index (κ2) is 17.8. The Bertz CT molecular complexity index is 2930. The first-order chi connectivity index (χ1) is 30.9. The predicted octanol–water partition coefficient (Wildman–Crippen LogP) is 9.97. The molecule has 16 nitrogen and oxygen atoms in total. The molecule has 0 fully saturated rings. The highest BCUT2D eigenvalue weighted by molar-refractivity contribution is 8.00. The molecule has 0 saturated carbocycles. The van der Waals surface area contributed by atoms with Crippen molar-refractivity contribution in [1.29, 1.82) is 0 Å². The lowest BCUT2D eigenvalue weighted by Crippen LogP contribution is -2.22. The molecule has 0 saturated heterocycles. The Morgan fingerprint density at radius 1 is 0.422 bits per heavy atom. The van der Waals surface area contributed by atoms with Crippen LogP contribution in [0.5, 0.6) is 23.0 Å². The van der Waals surface area contributed by atoms with E-state index in [2.05, 4.69) is 47.3 Å². The first-order valence-corrected chi connectivity index (χ1v) is 21.9. The zero-order chi connectivity index (χ0) is 44.5. The van der Waals surface area contributed by atoms with E-state index in [1.165, 1.54) is 14.0 Å². The van der Waals surface area contributed by atoms with Gasteiger partial charge < -0.3 is 44.4 Å². The van der Waals surface area contributed by atoms with Gasteiger partial charge in [-0.05, 0) is 73.0 Å². The van der Waals surface area contributed by atoms with Crippen molar-refractivity contribution in [2.24, 2.45) is 28.2 Å². The van der Waals surface area contributed by atoms with Crippen molar-refractivity contribution in [1.82, 2.24) is 38.2 Å². The first kappa shape index (κ1) is 42.1. The van der Waals surface area contributed by atoms with E-state index in [0.29, 0.717) is 38.5 Å². The van der Waals surface area contributed by atoms with Crippen LogP contribution in [0, 0.1) is 9.54 Å². The second-order valence-electron chi connectivity index (χ2n) is 14.3. The molecule has 320 valence electrons. The van der Waals surface area contributed by atoms with Crippen LogP contribution < -0.4 is 42.1 Å². The highest BCUT2D eigenvalue weighted by atomic mass is 32.2. The van der Waals surface area contributed by atoms with Gasteiger partial charge in [0.1, 0.15) is 5.82 Å². The van der Waals surface area contributed by atoms with Crippen LogP contribution in [0.1, 0.15) is 0 Å². The third-order valence-corrected chi connectivity index (χ3v) is 12.6. The van der Waals surface area contributed by atoms with Crippen molar-refractivity contribution < 1.29 is 9.47 Å². The number of hydrogen-bond acceptors (Lipinski definition) is 16. The molecule has 8 aromatic rings. The normalized spacial score (nSPS) is 12.3. The molecule has 4 aliphatic heterocycles. The number of para-hydroxylation sites is 6. The Morgan fingerprint density at radius 3 is 1.33 bits per heavy atom. The molecular formula is C44H36N12O4S4. The van der Waals surface area contributed by atoms with Gasteiger partial charge in [0.25, 0.3) is 0 Å². The Morgan fingerprint density at radius 2 is 0.781 bits per heavy atom. The number of benzene rings is 4. The van der Waals surface area contributed by atoms with Crippen LogP contribution in [0.15, 0.2) is 151 Å². The average Bonchev–Trinajstić information content (AvgIpc) is 3.29. The van der Waals surface area contributed by atoms with Crippen LogP contribution in [-0.4, -0.2) is 38.2 Å². The minimum Gasteiger partial charge on any atom is -0.450 e. The van der Waals surface area contributed by atoms with Gasteiger partial charge in [-0.15, -0.1) is 0 Å². The van der Waals surface area contributed by atoms with Gasteiger partial charge >= 0.3 is 11.4 Å². The van der Waals surface area contributed by atoms with Crippen LogP contribution in [0.25, 0.3) is 0 Å². The van der Waals surface area contributed by atoms with Crippen LogP contribution in [0.3, 0.4) is 0 Å². The lowest BCUT2D eigenvalue weighted by atomic mass is 10.2. The molecular weight excluding hydrogens is 889 g/mol. The van der Waals surface area contributed by atoms with Crippen molar-refractivity contribution in [2.75, 3.05) is 21.3 Å². The van der Waals surface area contributed by atoms with E-state index in [9.17, 15) is 9.59 Å². The number of anilines is 8. The lowest BCUT2D eigenvalue weighted by molar-refractivity contribution is 0.470. The molecule has 4 aromatic heterocycles. The Hall–Kier alpha value is -7.26. The van der Waals surface area contributed by atoms with Gasteiger partial charge in [-0.2, -0.15) is 15.0 Å². The third-order valence-electron chi connectivity index (χ3n) is 9.65. The van der Waals surface area contributed by atoms with Gasteiger partial charge in [0.05, 0.1) is 44.9 Å². The molecule has 0 spiro atoms. The van der Waals surface area contributed by atoms with E-state index < -0.39 is 0 Å². The van der Waals surface area contributed by atoms with Crippen molar-refractivity contribution >= 4 is 94.0 Å². The summed E-state index contributed by atoms with van der Waals surface area (Å²) in [6.45, 7) is 0. The standard InChI is InChI=1S/C11H9N3O2.2C11H9N3OS.C11H9N3S2/c2*1-14-6-9-10(13-11(14)15)12-7-4-2-3-5-8(7)16-9;1-14-6-9-10(13-11(14)16)12-7-4-2-3-5-8(7)15-9;1-14-6-9-10(13-11(14)15)12-7-4-2-3-5-8(7)16-9/h2*2-6H,1H3,(H,12,13,15);2-6H,1H3,(H,12,13,16);2-6H,1H3,(H,12,13,15). The van der Waals surface area contributed by atoms with E-state index in [-0.39, 0.29) is 11.4 Å². The number of ether oxygens (including phenoxy) is 2. The van der Waals surface area contributed by atoms with Crippen molar-refractivity contribution in [3.63, 3.8) is 0 Å². The number of aromatic nitrogens is 8. The summed E-state index contributed by atoms with van der Waals surface area (Å²) >= 11 is 13.6. The molecule has 0 bridgehead atoms. The topological polar surface area (TPSA) is 172 Å². The molecule has 8 heterocycles. The lowest BCUT2D eigenvalue weighted by Gasteiger charge is -2.20. The van der Waals surface area contributed by atoms with Crippen LogP contribution >= 0.6 is 48.0 Å². The van der Waals surface area contributed by atoms with Gasteiger partial charge in [-0.3, -0.25) is 4.57 Å². The summed E-state index contributed by atoms with van der Waals surface area (Å²) in [5.74, 6) is 5.40. The largest absolute Gasteiger partial charge is 0.450 e. The third kappa shape index (κ3) is 8.97. The molecule has 4 N–H and O–H groups in total. The summed E-state index contributed by atoms with van der Waals surface area (Å²) in [5, 5.41) is 12.7. The molecule has 0 amide bonds. The SMILES string of the molecule is Cn1cc2c(nc1=O)Nc1ccccc1O2.Cn1cc2c(nc1=O)Nc1ccccc1S2.Cn1cc2c(nc1=S)Nc1ccccc1O2.Cn1cc2c(nc1=S)Nc1ccccc1S2. The molecule has 12 rings (SSSR count). The van der Waals surface area contributed by atoms with Gasteiger partial charge in [0, 0.05) is 50.4 Å². The zero-order valence-electron chi connectivity index (χ0n) is 34.4. The summed E-state index contributed by atoms with van der Waals surface area (Å²) in [6, 6.07) is 31.4. The highest BCUT2D eigenvalue weighted by Gasteiger charge is 2.21. The summed E-state index contributed by atoms with van der Waals surface area (Å²) in [5.41, 5.74) is 3.26.